The van der Waals surface area contributed by atoms with E-state index in [-0.39, 0.29) is 18.4 Å². The highest BCUT2D eigenvalue weighted by atomic mass is 35.5. The van der Waals surface area contributed by atoms with Crippen LogP contribution in [0.2, 0.25) is 0 Å². The number of hydrogen-bond donors (Lipinski definition) is 1. The van der Waals surface area contributed by atoms with Gasteiger partial charge in [-0.05, 0) is 24.5 Å². The molecule has 3 rings (SSSR count). The fourth-order valence-electron chi connectivity index (χ4n) is 2.94. The second-order valence-corrected chi connectivity index (χ2v) is 7.50. The normalized spacial score (nSPS) is 24.1. The zero-order valence-corrected chi connectivity index (χ0v) is 13.8. The molecule has 1 aromatic carbocycles. The number of benzene rings is 1. The van der Waals surface area contributed by atoms with Gasteiger partial charge in [0.05, 0.1) is 0 Å². The predicted molar refractivity (Wildman–Crippen MR) is 85.8 cm³/mol. The van der Waals surface area contributed by atoms with Crippen LogP contribution in [0.4, 0.5) is 0 Å². The molecule has 0 aliphatic carbocycles. The van der Waals surface area contributed by atoms with Crippen LogP contribution >= 0.6 is 12.4 Å². The van der Waals surface area contributed by atoms with E-state index in [0.717, 1.165) is 18.5 Å². The van der Waals surface area contributed by atoms with Gasteiger partial charge in [-0.15, -0.1) is 12.4 Å². The van der Waals surface area contributed by atoms with Gasteiger partial charge in [-0.1, -0.05) is 24.3 Å². The van der Waals surface area contributed by atoms with Gasteiger partial charge in [-0.25, -0.2) is 0 Å². The summed E-state index contributed by atoms with van der Waals surface area (Å²) in [7, 11) is -3.33. The van der Waals surface area contributed by atoms with Crippen molar-refractivity contribution >= 4 is 22.6 Å². The molecule has 2 heterocycles. The number of nitrogens with one attached hydrogen (secondary N) is 1. The van der Waals surface area contributed by atoms with Crippen molar-refractivity contribution in [1.29, 1.82) is 0 Å². The quantitative estimate of drug-likeness (QED) is 0.880. The smallest absolute Gasteiger partial charge is 0.282 e. The van der Waals surface area contributed by atoms with Crippen molar-refractivity contribution in [2.45, 2.75) is 25.9 Å². The van der Waals surface area contributed by atoms with Gasteiger partial charge in [-0.2, -0.15) is 17.0 Å². The summed E-state index contributed by atoms with van der Waals surface area (Å²) in [4.78, 5) is 0. The summed E-state index contributed by atoms with van der Waals surface area (Å²) < 4.78 is 28.7. The number of piperazine rings is 1. The first-order valence-corrected chi connectivity index (χ1v) is 8.52. The molecular weight excluding hydrogens is 310 g/mol. The number of hydrogen-bond acceptors (Lipinski definition) is 3. The molecule has 0 bridgehead atoms. The second-order valence-electron chi connectivity index (χ2n) is 5.57. The molecule has 0 radical (unpaired) electrons. The Balaban J connectivity index is 0.00000161. The Morgan fingerprint density at radius 2 is 1.86 bits per heavy atom. The van der Waals surface area contributed by atoms with Crippen LogP contribution in [0.15, 0.2) is 24.3 Å². The van der Waals surface area contributed by atoms with Gasteiger partial charge in [-0.3, -0.25) is 0 Å². The summed E-state index contributed by atoms with van der Waals surface area (Å²) >= 11 is 0. The highest BCUT2D eigenvalue weighted by Crippen LogP contribution is 2.23. The second kappa shape index (κ2) is 6.62. The summed E-state index contributed by atoms with van der Waals surface area (Å²) in [5.41, 5.74) is 2.40. The fraction of sp³-hybridized carbons (Fsp3) is 0.571. The molecule has 2 aliphatic heterocycles. The number of fused-ring (bicyclic) bond motifs is 1. The van der Waals surface area contributed by atoms with Crippen molar-refractivity contribution in [2.24, 2.45) is 0 Å². The van der Waals surface area contributed by atoms with Crippen LogP contribution in [0.25, 0.3) is 0 Å². The SMILES string of the molecule is C[C@@H]1CN(S(=O)(=O)N2CCc3ccccc3C2)CCN1.Cl. The van der Waals surface area contributed by atoms with Crippen LogP contribution in [-0.4, -0.2) is 49.2 Å². The molecule has 0 saturated carbocycles. The third-order valence-electron chi connectivity index (χ3n) is 4.08. The first kappa shape index (κ1) is 16.7. The van der Waals surface area contributed by atoms with Crippen LogP contribution in [0, 0.1) is 0 Å². The van der Waals surface area contributed by atoms with E-state index in [1.807, 2.05) is 25.1 Å². The summed E-state index contributed by atoms with van der Waals surface area (Å²) in [5, 5.41) is 3.28. The Kier molecular flexibility index (Phi) is 5.27. The first-order valence-electron chi connectivity index (χ1n) is 7.13. The minimum atomic E-state index is -3.33. The van der Waals surface area contributed by atoms with Gasteiger partial charge in [0, 0.05) is 38.8 Å². The number of nitrogens with zero attached hydrogens (tertiary/aromatic N) is 2. The largest absolute Gasteiger partial charge is 0.312 e. The van der Waals surface area contributed by atoms with E-state index in [9.17, 15) is 8.42 Å². The Morgan fingerprint density at radius 3 is 2.57 bits per heavy atom. The third kappa shape index (κ3) is 3.40. The van der Waals surface area contributed by atoms with Crippen LogP contribution in [0.3, 0.4) is 0 Å². The van der Waals surface area contributed by atoms with E-state index in [4.69, 9.17) is 0 Å². The van der Waals surface area contributed by atoms with Crippen LogP contribution in [-0.2, 0) is 23.2 Å². The Labute approximate surface area is 132 Å². The van der Waals surface area contributed by atoms with Crippen molar-refractivity contribution in [3.8, 4) is 0 Å². The average molecular weight is 332 g/mol. The summed E-state index contributed by atoms with van der Waals surface area (Å²) in [5.74, 6) is 0. The maximum Gasteiger partial charge on any atom is 0.282 e. The first-order chi connectivity index (χ1) is 9.57. The molecular formula is C14H22ClN3O2S. The third-order valence-corrected chi connectivity index (χ3v) is 6.03. The highest BCUT2D eigenvalue weighted by Gasteiger charge is 2.34. The van der Waals surface area contributed by atoms with Crippen LogP contribution < -0.4 is 5.32 Å². The lowest BCUT2D eigenvalue weighted by Gasteiger charge is -2.36. The lowest BCUT2D eigenvalue weighted by atomic mass is 10.0. The van der Waals surface area contributed by atoms with Gasteiger partial charge >= 0.3 is 0 Å². The summed E-state index contributed by atoms with van der Waals surface area (Å²) in [6.07, 6.45) is 0.803. The van der Waals surface area contributed by atoms with Gasteiger partial charge in [0.25, 0.3) is 10.2 Å². The highest BCUT2D eigenvalue weighted by molar-refractivity contribution is 7.86. The van der Waals surface area contributed by atoms with E-state index in [0.29, 0.717) is 26.2 Å². The molecule has 1 N–H and O–H groups in total. The molecule has 21 heavy (non-hydrogen) atoms. The van der Waals surface area contributed by atoms with Crippen molar-refractivity contribution in [3.05, 3.63) is 35.4 Å². The summed E-state index contributed by atoms with van der Waals surface area (Å²) in [6.45, 7) is 4.94. The van der Waals surface area contributed by atoms with Crippen molar-refractivity contribution in [2.75, 3.05) is 26.2 Å². The molecule has 118 valence electrons. The maximum atomic E-state index is 12.7. The summed E-state index contributed by atoms with van der Waals surface area (Å²) in [6, 6.07) is 8.32. The minimum Gasteiger partial charge on any atom is -0.312 e. The average Bonchev–Trinajstić information content (AvgIpc) is 2.46. The van der Waals surface area contributed by atoms with E-state index < -0.39 is 10.2 Å². The van der Waals surface area contributed by atoms with E-state index >= 15 is 0 Å². The maximum absolute atomic E-state index is 12.7. The lowest BCUT2D eigenvalue weighted by Crippen LogP contribution is -2.55. The molecule has 1 aromatic rings. The van der Waals surface area contributed by atoms with Crippen LogP contribution in [0.1, 0.15) is 18.1 Å². The van der Waals surface area contributed by atoms with E-state index in [1.54, 1.807) is 8.61 Å². The molecule has 2 aliphatic rings. The van der Waals surface area contributed by atoms with Crippen LogP contribution in [0.5, 0.6) is 0 Å². The van der Waals surface area contributed by atoms with E-state index in [1.165, 1.54) is 5.56 Å². The molecule has 5 nitrogen and oxygen atoms in total. The molecule has 0 aromatic heterocycles. The standard InChI is InChI=1S/C14H21N3O2S.ClH/c1-12-10-17(9-7-15-12)20(18,19)16-8-6-13-4-2-3-5-14(13)11-16;/h2-5,12,15H,6-11H2,1H3;1H/t12-;/m1./s1. The van der Waals surface area contributed by atoms with Crippen molar-refractivity contribution < 1.29 is 8.42 Å². The Bertz CT molecular complexity index is 594. The van der Waals surface area contributed by atoms with Gasteiger partial charge in [0.15, 0.2) is 0 Å². The minimum absolute atomic E-state index is 0. The monoisotopic (exact) mass is 331 g/mol. The molecule has 1 saturated heterocycles. The molecule has 0 unspecified atom stereocenters. The molecule has 0 amide bonds. The van der Waals surface area contributed by atoms with Gasteiger partial charge in [0.2, 0.25) is 0 Å². The van der Waals surface area contributed by atoms with Crippen molar-refractivity contribution in [3.63, 3.8) is 0 Å². The zero-order chi connectivity index (χ0) is 14.2. The topological polar surface area (TPSA) is 52.7 Å². The fourth-order valence-corrected chi connectivity index (χ4v) is 4.62. The number of rotatable bonds is 2. The molecule has 0 spiro atoms. The predicted octanol–water partition coefficient (Wildman–Crippen LogP) is 1.00. The van der Waals surface area contributed by atoms with Gasteiger partial charge < -0.3 is 5.32 Å². The lowest BCUT2D eigenvalue weighted by molar-refractivity contribution is 0.274. The molecule has 1 atom stereocenters. The Hall–Kier alpha value is -0.660. The zero-order valence-electron chi connectivity index (χ0n) is 12.2. The van der Waals surface area contributed by atoms with Gasteiger partial charge in [0.1, 0.15) is 0 Å². The molecule has 1 fully saturated rings. The molecule has 7 heteroatoms. The van der Waals surface area contributed by atoms with Crippen molar-refractivity contribution in [1.82, 2.24) is 13.9 Å². The number of halogens is 1. The van der Waals surface area contributed by atoms with E-state index in [2.05, 4.69) is 11.4 Å². The Morgan fingerprint density at radius 1 is 1.14 bits per heavy atom.